The van der Waals surface area contributed by atoms with E-state index in [-0.39, 0.29) is 104 Å². The quantitative estimate of drug-likeness (QED) is 0.210. The zero-order chi connectivity index (χ0) is 30.2. The fourth-order valence-corrected chi connectivity index (χ4v) is 3.91. The summed E-state index contributed by atoms with van der Waals surface area (Å²) in [7, 11) is 6.96. The number of fused-ring (bicyclic) bond motifs is 1. The third kappa shape index (κ3) is 9.43. The van der Waals surface area contributed by atoms with Crippen molar-refractivity contribution in [1.29, 1.82) is 5.26 Å². The average Bonchev–Trinajstić information content (AvgIpc) is 2.95. The number of carbonyl (C=O) groups is 1. The van der Waals surface area contributed by atoms with Gasteiger partial charge in [-0.3, -0.25) is 11.8 Å². The van der Waals surface area contributed by atoms with Crippen LogP contribution >= 0.6 is 0 Å². The summed E-state index contributed by atoms with van der Waals surface area (Å²) in [4.78, 5) is 17.8. The Morgan fingerprint density at radius 3 is 2.55 bits per heavy atom. The van der Waals surface area contributed by atoms with Crippen molar-refractivity contribution in [2.45, 2.75) is 12.6 Å². The van der Waals surface area contributed by atoms with Crippen molar-refractivity contribution in [3.05, 3.63) is 96.7 Å². The molecule has 0 atom stereocenters. The SMILES string of the molecule is C=C(c1nc(/C=C/CNc2cc(C(=O)NC)ccc2C#N)cc2c(N/C(=C\F)CCN([CH2-])C)cccc12)C(F)(F)F.[Cs+]. The summed E-state index contributed by atoms with van der Waals surface area (Å²) < 4.78 is 54.8. The Balaban J connectivity index is 0.00000616. The molecule has 0 spiro atoms. The molecule has 0 saturated heterocycles. The van der Waals surface area contributed by atoms with Gasteiger partial charge in [0.2, 0.25) is 0 Å². The summed E-state index contributed by atoms with van der Waals surface area (Å²) in [5.41, 5.74) is 0.461. The monoisotopic (exact) mass is 698 g/mol. The zero-order valence-electron chi connectivity index (χ0n) is 23.6. The maximum atomic E-state index is 13.7. The Bertz CT molecular complexity index is 1540. The number of nitriles is 1. The molecule has 214 valence electrons. The number of benzene rings is 2. The molecule has 0 saturated carbocycles. The number of amides is 1. The molecule has 12 heteroatoms. The van der Waals surface area contributed by atoms with Gasteiger partial charge in [0.15, 0.2) is 0 Å². The van der Waals surface area contributed by atoms with Crippen LogP contribution in [0.15, 0.2) is 67.1 Å². The van der Waals surface area contributed by atoms with Crippen molar-refractivity contribution in [1.82, 2.24) is 15.2 Å². The Hall–Kier alpha value is -2.64. The molecular formula is C30H29CsF4N6O. The van der Waals surface area contributed by atoms with Crippen LogP contribution in [0.25, 0.3) is 22.4 Å². The summed E-state index contributed by atoms with van der Waals surface area (Å²) >= 11 is 0. The maximum absolute atomic E-state index is 13.7. The van der Waals surface area contributed by atoms with Gasteiger partial charge >= 0.3 is 75.1 Å². The van der Waals surface area contributed by atoms with Crippen LogP contribution in [0.2, 0.25) is 0 Å². The molecule has 0 aliphatic heterocycles. The van der Waals surface area contributed by atoms with Gasteiger partial charge < -0.3 is 20.9 Å². The van der Waals surface area contributed by atoms with Gasteiger partial charge in [0.1, 0.15) is 12.4 Å². The van der Waals surface area contributed by atoms with Crippen molar-refractivity contribution in [3.63, 3.8) is 0 Å². The van der Waals surface area contributed by atoms with Crippen molar-refractivity contribution in [2.75, 3.05) is 37.8 Å². The number of nitrogens with one attached hydrogen (secondary N) is 3. The van der Waals surface area contributed by atoms with Crippen LogP contribution in [0.5, 0.6) is 0 Å². The summed E-state index contributed by atoms with van der Waals surface area (Å²) in [6.07, 6.45) is -0.867. The molecule has 1 aromatic heterocycles. The van der Waals surface area contributed by atoms with Crippen molar-refractivity contribution >= 4 is 39.7 Å². The topological polar surface area (TPSA) is 93.1 Å². The summed E-state index contributed by atoms with van der Waals surface area (Å²) in [5, 5.41) is 18.5. The minimum absolute atomic E-state index is 0. The minimum atomic E-state index is -4.72. The van der Waals surface area contributed by atoms with Gasteiger partial charge in [-0.1, -0.05) is 24.8 Å². The van der Waals surface area contributed by atoms with Crippen LogP contribution in [0.4, 0.5) is 28.9 Å². The largest absolute Gasteiger partial charge is 1.00 e. The van der Waals surface area contributed by atoms with Crippen molar-refractivity contribution in [3.8, 4) is 6.07 Å². The smallest absolute Gasteiger partial charge is 0.461 e. The van der Waals surface area contributed by atoms with Gasteiger partial charge in [-0.2, -0.15) is 18.4 Å². The average molecular weight is 699 g/mol. The number of alkyl halides is 3. The van der Waals surface area contributed by atoms with E-state index in [0.29, 0.717) is 47.2 Å². The van der Waals surface area contributed by atoms with Crippen LogP contribution < -0.4 is 84.8 Å². The first-order valence-corrected chi connectivity index (χ1v) is 12.4. The van der Waals surface area contributed by atoms with Gasteiger partial charge in [-0.05, 0) is 50.0 Å². The van der Waals surface area contributed by atoms with Crippen molar-refractivity contribution in [2.24, 2.45) is 0 Å². The summed E-state index contributed by atoms with van der Waals surface area (Å²) in [6, 6.07) is 12.9. The number of allylic oxidation sites excluding steroid dienone is 1. The van der Waals surface area contributed by atoms with E-state index in [1.807, 2.05) is 6.07 Å². The predicted octanol–water partition coefficient (Wildman–Crippen LogP) is 3.51. The first-order chi connectivity index (χ1) is 19.5. The zero-order valence-corrected chi connectivity index (χ0v) is 29.9. The number of hydrogen-bond acceptors (Lipinski definition) is 6. The fraction of sp³-hybridized carbons (Fsp3) is 0.200. The van der Waals surface area contributed by atoms with E-state index < -0.39 is 11.7 Å². The fourth-order valence-electron chi connectivity index (χ4n) is 3.91. The van der Waals surface area contributed by atoms with E-state index in [0.717, 1.165) is 0 Å². The first-order valence-electron chi connectivity index (χ1n) is 12.4. The normalized spacial score (nSPS) is 11.7. The molecule has 3 N–H and O–H groups in total. The van der Waals surface area contributed by atoms with Crippen LogP contribution in [-0.2, 0) is 0 Å². The third-order valence-corrected chi connectivity index (χ3v) is 6.04. The van der Waals surface area contributed by atoms with Crippen molar-refractivity contribution < 1.29 is 91.2 Å². The van der Waals surface area contributed by atoms with E-state index in [1.165, 1.54) is 37.4 Å². The molecule has 0 fully saturated rings. The molecular weight excluding hydrogens is 669 g/mol. The molecule has 0 unspecified atom stereocenters. The second kappa shape index (κ2) is 16.3. The van der Waals surface area contributed by atoms with E-state index in [1.54, 1.807) is 36.2 Å². The molecule has 7 nitrogen and oxygen atoms in total. The Kier molecular flexibility index (Phi) is 13.8. The molecule has 0 aliphatic rings. The third-order valence-electron chi connectivity index (χ3n) is 6.04. The second-order valence-corrected chi connectivity index (χ2v) is 9.10. The molecule has 0 bridgehead atoms. The minimum Gasteiger partial charge on any atom is -0.461 e. The molecule has 3 rings (SSSR count). The molecule has 3 aromatic rings. The number of rotatable bonds is 11. The van der Waals surface area contributed by atoms with E-state index >= 15 is 0 Å². The van der Waals surface area contributed by atoms with Crippen LogP contribution in [0, 0.1) is 18.4 Å². The number of aromatic nitrogens is 1. The van der Waals surface area contributed by atoms with E-state index in [9.17, 15) is 27.6 Å². The summed E-state index contributed by atoms with van der Waals surface area (Å²) in [6.45, 7) is 3.86. The molecule has 1 amide bonds. The number of halogens is 4. The van der Waals surface area contributed by atoms with Crippen LogP contribution in [0.3, 0.4) is 0 Å². The standard InChI is InChI=1S/C30H29F4N6O.Cs/c1-19(30(32,33)34)28-24-8-5-9-26(38-23(17-31)12-14-40(3)4)25(24)16-22(39-28)7-6-13-37-27-15-20(29(41)36-2)10-11-21(27)18-35;/h5-11,15-17,37-38H,1,3,12-14H2,2,4H3,(H,36,41);/q-1;+1/b7-6+,23-17-;. The molecule has 1 heterocycles. The number of carbonyl (C=O) groups excluding carboxylic acids is 1. The molecule has 0 aliphatic carbocycles. The Labute approximate surface area is 301 Å². The maximum Gasteiger partial charge on any atom is 1.00 e. The van der Waals surface area contributed by atoms with Crippen LogP contribution in [0.1, 0.15) is 33.7 Å². The number of nitrogens with zero attached hydrogens (tertiary/aromatic N) is 3. The Morgan fingerprint density at radius 2 is 1.93 bits per heavy atom. The van der Waals surface area contributed by atoms with Gasteiger partial charge in [-0.15, -0.1) is 0 Å². The van der Waals surface area contributed by atoms with Gasteiger partial charge in [0, 0.05) is 47.7 Å². The van der Waals surface area contributed by atoms with Crippen LogP contribution in [-0.4, -0.2) is 49.2 Å². The number of pyridine rings is 1. The molecule has 2 aromatic carbocycles. The predicted molar refractivity (Wildman–Crippen MR) is 154 cm³/mol. The van der Waals surface area contributed by atoms with Gasteiger partial charge in [0.05, 0.1) is 28.2 Å². The number of hydrogen-bond donors (Lipinski definition) is 3. The van der Waals surface area contributed by atoms with Gasteiger partial charge in [-0.25, -0.2) is 9.37 Å². The van der Waals surface area contributed by atoms with Gasteiger partial charge in [0.25, 0.3) is 5.91 Å². The molecule has 42 heavy (non-hydrogen) atoms. The molecule has 0 radical (unpaired) electrons. The second-order valence-electron chi connectivity index (χ2n) is 9.10. The number of anilines is 2. The summed E-state index contributed by atoms with van der Waals surface area (Å²) in [5.74, 6) is -0.320. The Morgan fingerprint density at radius 1 is 1.19 bits per heavy atom. The first kappa shape index (κ1) is 35.6. The van der Waals surface area contributed by atoms with E-state index in [4.69, 9.17) is 0 Å². The van der Waals surface area contributed by atoms with E-state index in [2.05, 4.69) is 34.6 Å².